The third-order valence-electron chi connectivity index (χ3n) is 2.03. The zero-order valence-corrected chi connectivity index (χ0v) is 8.60. The molecule has 0 atom stereocenters. The Morgan fingerprint density at radius 3 is 3.00 bits per heavy atom. The number of hydrogen-bond donors (Lipinski definition) is 2. The Morgan fingerprint density at radius 1 is 1.50 bits per heavy atom. The number of nitrogens with two attached hydrogens (primary N) is 1. The van der Waals surface area contributed by atoms with E-state index in [1.165, 1.54) is 0 Å². The molecule has 2 rings (SSSR count). The number of methoxy groups -OCH3 is 1. The van der Waals surface area contributed by atoms with E-state index in [-0.39, 0.29) is 5.95 Å². The molecule has 6 nitrogen and oxygen atoms in total. The highest BCUT2D eigenvalue weighted by atomic mass is 16.5. The fourth-order valence-corrected chi connectivity index (χ4v) is 1.36. The zero-order chi connectivity index (χ0) is 11.5. The van der Waals surface area contributed by atoms with Gasteiger partial charge >= 0.3 is 6.03 Å². The molecule has 0 bridgehead atoms. The van der Waals surface area contributed by atoms with E-state index in [4.69, 9.17) is 10.5 Å². The highest BCUT2D eigenvalue weighted by Crippen LogP contribution is 2.23. The van der Waals surface area contributed by atoms with E-state index in [1.54, 1.807) is 19.4 Å². The number of carbonyl (C=O) groups is 1. The van der Waals surface area contributed by atoms with Crippen LogP contribution >= 0.6 is 0 Å². The Labute approximate surface area is 91.4 Å². The Morgan fingerprint density at radius 2 is 2.31 bits per heavy atom. The summed E-state index contributed by atoms with van der Waals surface area (Å²) < 4.78 is 5.15. The van der Waals surface area contributed by atoms with E-state index in [9.17, 15) is 4.79 Å². The summed E-state index contributed by atoms with van der Waals surface area (Å²) >= 11 is 0. The number of benzene rings is 1. The number of nitrogens with one attached hydrogen (secondary N) is 1. The minimum absolute atomic E-state index is 0.157. The molecular weight excluding hydrogens is 208 g/mol. The Balaban J connectivity index is 2.54. The number of aromatic nitrogens is 2. The SMILES string of the molecule is COc1cccc2cnc(NC(N)=O)nc12. The van der Waals surface area contributed by atoms with Gasteiger partial charge in [0.15, 0.2) is 0 Å². The summed E-state index contributed by atoms with van der Waals surface area (Å²) in [5.41, 5.74) is 5.61. The van der Waals surface area contributed by atoms with Gasteiger partial charge in [0.25, 0.3) is 0 Å². The van der Waals surface area contributed by atoms with Gasteiger partial charge < -0.3 is 10.5 Å². The number of hydrogen-bond acceptors (Lipinski definition) is 4. The number of ether oxygens (including phenoxy) is 1. The lowest BCUT2D eigenvalue weighted by Gasteiger charge is -2.05. The van der Waals surface area contributed by atoms with E-state index < -0.39 is 6.03 Å². The van der Waals surface area contributed by atoms with Crippen LogP contribution in [0.3, 0.4) is 0 Å². The van der Waals surface area contributed by atoms with Crippen molar-refractivity contribution in [3.8, 4) is 5.75 Å². The van der Waals surface area contributed by atoms with E-state index in [1.807, 2.05) is 12.1 Å². The van der Waals surface area contributed by atoms with Crippen molar-refractivity contribution in [2.45, 2.75) is 0 Å². The molecule has 2 aromatic rings. The molecule has 2 amide bonds. The molecule has 0 aliphatic heterocycles. The molecule has 1 aromatic carbocycles. The third-order valence-corrected chi connectivity index (χ3v) is 2.03. The molecule has 0 saturated carbocycles. The first-order chi connectivity index (χ1) is 7.70. The molecule has 0 saturated heterocycles. The summed E-state index contributed by atoms with van der Waals surface area (Å²) in [5.74, 6) is 0.775. The molecular formula is C10H10N4O2. The van der Waals surface area contributed by atoms with Gasteiger partial charge in [0.1, 0.15) is 11.3 Å². The maximum atomic E-state index is 10.7. The number of fused-ring (bicyclic) bond motifs is 1. The van der Waals surface area contributed by atoms with E-state index in [0.717, 1.165) is 5.39 Å². The quantitative estimate of drug-likeness (QED) is 0.790. The van der Waals surface area contributed by atoms with Crippen LogP contribution in [0.4, 0.5) is 10.7 Å². The number of nitrogens with zero attached hydrogens (tertiary/aromatic N) is 2. The first-order valence-corrected chi connectivity index (χ1v) is 4.57. The zero-order valence-electron chi connectivity index (χ0n) is 8.60. The van der Waals surface area contributed by atoms with Crippen LogP contribution in [-0.4, -0.2) is 23.1 Å². The second kappa shape index (κ2) is 4.01. The lowest BCUT2D eigenvalue weighted by atomic mass is 10.2. The average molecular weight is 218 g/mol. The summed E-state index contributed by atoms with van der Waals surface area (Å²) in [6.07, 6.45) is 1.59. The van der Waals surface area contributed by atoms with Gasteiger partial charge in [0, 0.05) is 11.6 Å². The van der Waals surface area contributed by atoms with Crippen molar-refractivity contribution in [1.29, 1.82) is 0 Å². The van der Waals surface area contributed by atoms with Crippen LogP contribution in [0.2, 0.25) is 0 Å². The summed E-state index contributed by atoms with van der Waals surface area (Å²) in [4.78, 5) is 18.7. The monoisotopic (exact) mass is 218 g/mol. The van der Waals surface area contributed by atoms with Gasteiger partial charge in [-0.15, -0.1) is 0 Å². The molecule has 1 heterocycles. The standard InChI is InChI=1S/C10H10N4O2/c1-16-7-4-2-3-6-5-12-10(13-8(6)7)14-9(11)15/h2-5H,1H3,(H3,11,12,13,14,15). The second-order valence-electron chi connectivity index (χ2n) is 3.08. The van der Waals surface area contributed by atoms with Gasteiger partial charge in [0.2, 0.25) is 5.95 Å². The van der Waals surface area contributed by atoms with Gasteiger partial charge in [-0.05, 0) is 6.07 Å². The smallest absolute Gasteiger partial charge is 0.319 e. The van der Waals surface area contributed by atoms with Gasteiger partial charge in [0.05, 0.1) is 7.11 Å². The number of rotatable bonds is 2. The fraction of sp³-hybridized carbons (Fsp3) is 0.100. The summed E-state index contributed by atoms with van der Waals surface area (Å²) in [6, 6.07) is 4.77. The van der Waals surface area contributed by atoms with Crippen molar-refractivity contribution in [3.05, 3.63) is 24.4 Å². The van der Waals surface area contributed by atoms with Crippen molar-refractivity contribution in [3.63, 3.8) is 0 Å². The van der Waals surface area contributed by atoms with Crippen molar-refractivity contribution < 1.29 is 9.53 Å². The van der Waals surface area contributed by atoms with Gasteiger partial charge in [-0.1, -0.05) is 12.1 Å². The molecule has 6 heteroatoms. The molecule has 0 fully saturated rings. The van der Waals surface area contributed by atoms with Gasteiger partial charge in [-0.25, -0.2) is 14.8 Å². The van der Waals surface area contributed by atoms with Crippen LogP contribution in [-0.2, 0) is 0 Å². The molecule has 0 unspecified atom stereocenters. The third kappa shape index (κ3) is 1.85. The number of primary amides is 1. The minimum atomic E-state index is -0.700. The Kier molecular flexibility index (Phi) is 2.55. The summed E-state index contributed by atoms with van der Waals surface area (Å²) in [7, 11) is 1.55. The number of amides is 2. The lowest BCUT2D eigenvalue weighted by molar-refractivity contribution is 0.259. The summed E-state index contributed by atoms with van der Waals surface area (Å²) in [6.45, 7) is 0. The Hall–Kier alpha value is -2.37. The van der Waals surface area contributed by atoms with Crippen LogP contribution in [0.5, 0.6) is 5.75 Å². The predicted molar refractivity (Wildman–Crippen MR) is 59.3 cm³/mol. The number of para-hydroxylation sites is 1. The molecule has 0 radical (unpaired) electrons. The van der Waals surface area contributed by atoms with Crippen LogP contribution < -0.4 is 15.8 Å². The largest absolute Gasteiger partial charge is 0.494 e. The maximum absolute atomic E-state index is 10.7. The van der Waals surface area contributed by atoms with E-state index in [2.05, 4.69) is 15.3 Å². The molecule has 0 aliphatic carbocycles. The normalized spacial score (nSPS) is 10.1. The molecule has 82 valence electrons. The number of anilines is 1. The van der Waals surface area contributed by atoms with Crippen molar-refractivity contribution in [2.75, 3.05) is 12.4 Å². The van der Waals surface area contributed by atoms with E-state index >= 15 is 0 Å². The van der Waals surface area contributed by atoms with Gasteiger partial charge in [-0.3, -0.25) is 5.32 Å². The topological polar surface area (TPSA) is 90.1 Å². The number of carbonyl (C=O) groups excluding carboxylic acids is 1. The first kappa shape index (κ1) is 10.2. The fourth-order valence-electron chi connectivity index (χ4n) is 1.36. The average Bonchev–Trinajstić information content (AvgIpc) is 2.27. The van der Waals surface area contributed by atoms with Crippen LogP contribution in [0.1, 0.15) is 0 Å². The molecule has 1 aromatic heterocycles. The molecule has 0 spiro atoms. The number of urea groups is 1. The van der Waals surface area contributed by atoms with Crippen LogP contribution in [0.15, 0.2) is 24.4 Å². The van der Waals surface area contributed by atoms with Crippen molar-refractivity contribution in [1.82, 2.24) is 9.97 Å². The van der Waals surface area contributed by atoms with E-state index in [0.29, 0.717) is 11.3 Å². The van der Waals surface area contributed by atoms with Crippen LogP contribution in [0, 0.1) is 0 Å². The molecule has 0 aliphatic rings. The molecule has 3 N–H and O–H groups in total. The Bertz CT molecular complexity index is 541. The predicted octanol–water partition coefficient (Wildman–Crippen LogP) is 1.13. The first-order valence-electron chi connectivity index (χ1n) is 4.57. The van der Waals surface area contributed by atoms with Crippen molar-refractivity contribution >= 4 is 22.9 Å². The van der Waals surface area contributed by atoms with Crippen molar-refractivity contribution in [2.24, 2.45) is 5.73 Å². The lowest BCUT2D eigenvalue weighted by Crippen LogP contribution is -2.20. The van der Waals surface area contributed by atoms with Gasteiger partial charge in [-0.2, -0.15) is 0 Å². The van der Waals surface area contributed by atoms with Crippen LogP contribution in [0.25, 0.3) is 10.9 Å². The molecule has 16 heavy (non-hydrogen) atoms. The maximum Gasteiger partial charge on any atom is 0.319 e. The highest BCUT2D eigenvalue weighted by Gasteiger charge is 2.05. The highest BCUT2D eigenvalue weighted by molar-refractivity contribution is 5.89. The summed E-state index contributed by atoms with van der Waals surface area (Å²) in [5, 5.41) is 3.14. The minimum Gasteiger partial charge on any atom is -0.494 e. The second-order valence-corrected chi connectivity index (χ2v) is 3.08.